The van der Waals surface area contributed by atoms with Crippen molar-refractivity contribution in [1.82, 2.24) is 20.0 Å². The molecule has 0 aliphatic heterocycles. The third-order valence-corrected chi connectivity index (χ3v) is 3.73. The van der Waals surface area contributed by atoms with Crippen LogP contribution in [0.1, 0.15) is 24.3 Å². The molecule has 0 unspecified atom stereocenters. The second-order valence-electron chi connectivity index (χ2n) is 3.89. The number of carbonyl (C=O) groups is 1. The van der Waals surface area contributed by atoms with Crippen molar-refractivity contribution in [3.63, 3.8) is 0 Å². The fourth-order valence-corrected chi connectivity index (χ4v) is 2.35. The van der Waals surface area contributed by atoms with Crippen LogP contribution in [0.5, 0.6) is 0 Å². The largest absolute Gasteiger partial charge is 0.369 e. The summed E-state index contributed by atoms with van der Waals surface area (Å²) < 4.78 is 25.1. The average molecular weight is 301 g/mol. The monoisotopic (exact) mass is 301 g/mol. The maximum absolute atomic E-state index is 11.7. The Morgan fingerprint density at radius 3 is 2.50 bits per heavy atom. The van der Waals surface area contributed by atoms with Crippen LogP contribution in [-0.4, -0.2) is 49.7 Å². The first kappa shape index (κ1) is 16.3. The minimum Gasteiger partial charge on any atom is -0.369 e. The number of aromatic nitrogens is 2. The second-order valence-corrected chi connectivity index (χ2v) is 5.82. The Hall–Kier alpha value is -1.74. The van der Waals surface area contributed by atoms with Crippen LogP contribution in [0.2, 0.25) is 0 Å². The van der Waals surface area contributed by atoms with Crippen LogP contribution < -0.4 is 15.4 Å². The van der Waals surface area contributed by atoms with Gasteiger partial charge in [0.1, 0.15) is 11.5 Å². The number of hydrogen-bond acceptors (Lipinski definition) is 6. The van der Waals surface area contributed by atoms with Crippen LogP contribution in [0, 0.1) is 0 Å². The molecule has 0 spiro atoms. The van der Waals surface area contributed by atoms with E-state index in [0.717, 1.165) is 0 Å². The third-order valence-electron chi connectivity index (χ3n) is 2.26. The van der Waals surface area contributed by atoms with Crippen molar-refractivity contribution < 1.29 is 13.2 Å². The lowest BCUT2D eigenvalue weighted by Crippen LogP contribution is -2.34. The molecule has 0 aliphatic rings. The number of nitrogens with zero attached hydrogens (tertiary/aromatic N) is 2. The maximum atomic E-state index is 11.7. The Morgan fingerprint density at radius 2 is 1.95 bits per heavy atom. The Kier molecular flexibility index (Phi) is 6.32. The molecule has 0 radical (unpaired) electrons. The van der Waals surface area contributed by atoms with Crippen LogP contribution in [0.25, 0.3) is 0 Å². The molecule has 20 heavy (non-hydrogen) atoms. The zero-order valence-corrected chi connectivity index (χ0v) is 12.3. The highest BCUT2D eigenvalue weighted by atomic mass is 32.2. The molecule has 8 nitrogen and oxygen atoms in total. The number of anilines is 1. The molecule has 0 bridgehead atoms. The molecule has 1 aromatic heterocycles. The quantitative estimate of drug-likeness (QED) is 0.601. The van der Waals surface area contributed by atoms with Gasteiger partial charge in [0.25, 0.3) is 5.91 Å². The van der Waals surface area contributed by atoms with E-state index in [9.17, 15) is 13.2 Å². The summed E-state index contributed by atoms with van der Waals surface area (Å²) in [5.74, 6) is -0.0406. The highest BCUT2D eigenvalue weighted by Gasteiger charge is 2.11. The lowest BCUT2D eigenvalue weighted by atomic mass is 10.4. The Balaban J connectivity index is 2.47. The summed E-state index contributed by atoms with van der Waals surface area (Å²) in [6.07, 6.45) is 2.79. The van der Waals surface area contributed by atoms with Crippen molar-refractivity contribution in [3.05, 3.63) is 18.1 Å². The standard InChI is InChI=1S/C11H19N5O3S/c1-3-12-10-8-14-9(7-15-10)11(17)13-5-6-20(18,19)16-4-2/h7-8,16H,3-6H2,1-2H3,(H,12,15)(H,13,17). The van der Waals surface area contributed by atoms with Gasteiger partial charge in [0.05, 0.1) is 18.1 Å². The molecule has 0 aromatic carbocycles. The van der Waals surface area contributed by atoms with Crippen LogP contribution in [0.3, 0.4) is 0 Å². The van der Waals surface area contributed by atoms with Crippen molar-refractivity contribution in [2.75, 3.05) is 30.7 Å². The zero-order chi connectivity index (χ0) is 15.0. The maximum Gasteiger partial charge on any atom is 0.271 e. The molecule has 0 saturated carbocycles. The molecule has 0 aliphatic carbocycles. The van der Waals surface area contributed by atoms with E-state index in [1.54, 1.807) is 6.92 Å². The number of hydrogen-bond donors (Lipinski definition) is 3. The van der Waals surface area contributed by atoms with Gasteiger partial charge in [-0.2, -0.15) is 0 Å². The summed E-state index contributed by atoms with van der Waals surface area (Å²) in [7, 11) is -3.33. The molecule has 1 heterocycles. The average Bonchev–Trinajstić information content (AvgIpc) is 2.39. The topological polar surface area (TPSA) is 113 Å². The predicted molar refractivity (Wildman–Crippen MR) is 76.0 cm³/mol. The van der Waals surface area contributed by atoms with Gasteiger partial charge in [0.2, 0.25) is 10.0 Å². The van der Waals surface area contributed by atoms with Gasteiger partial charge in [-0.1, -0.05) is 6.92 Å². The summed E-state index contributed by atoms with van der Waals surface area (Å²) in [4.78, 5) is 19.7. The van der Waals surface area contributed by atoms with Crippen molar-refractivity contribution in [3.8, 4) is 0 Å². The molecule has 1 amide bonds. The van der Waals surface area contributed by atoms with E-state index in [-0.39, 0.29) is 18.0 Å². The van der Waals surface area contributed by atoms with E-state index in [1.165, 1.54) is 12.4 Å². The molecular formula is C11H19N5O3S. The first-order chi connectivity index (χ1) is 9.48. The Morgan fingerprint density at radius 1 is 1.20 bits per heavy atom. The Labute approximate surface area is 118 Å². The summed E-state index contributed by atoms with van der Waals surface area (Å²) in [5.41, 5.74) is 0.146. The van der Waals surface area contributed by atoms with E-state index < -0.39 is 15.9 Å². The van der Waals surface area contributed by atoms with Crippen LogP contribution >= 0.6 is 0 Å². The fraction of sp³-hybridized carbons (Fsp3) is 0.545. The first-order valence-corrected chi connectivity index (χ1v) is 7.95. The van der Waals surface area contributed by atoms with Gasteiger partial charge in [-0.15, -0.1) is 0 Å². The molecule has 0 atom stereocenters. The summed E-state index contributed by atoms with van der Waals surface area (Å²) in [6.45, 7) is 4.67. The second kappa shape index (κ2) is 7.75. The van der Waals surface area contributed by atoms with Crippen LogP contribution in [0.15, 0.2) is 12.4 Å². The van der Waals surface area contributed by atoms with Gasteiger partial charge in [-0.3, -0.25) is 4.79 Å². The molecule has 112 valence electrons. The van der Waals surface area contributed by atoms with Crippen molar-refractivity contribution in [2.45, 2.75) is 13.8 Å². The Bertz CT molecular complexity index is 529. The highest BCUT2D eigenvalue weighted by molar-refractivity contribution is 7.89. The molecule has 1 rings (SSSR count). The van der Waals surface area contributed by atoms with Gasteiger partial charge in [0, 0.05) is 19.6 Å². The number of amides is 1. The minimum absolute atomic E-state index is 0.0187. The lowest BCUT2D eigenvalue weighted by molar-refractivity contribution is 0.0951. The van der Waals surface area contributed by atoms with Crippen molar-refractivity contribution in [1.29, 1.82) is 0 Å². The van der Waals surface area contributed by atoms with Crippen molar-refractivity contribution in [2.24, 2.45) is 0 Å². The molecule has 0 saturated heterocycles. The van der Waals surface area contributed by atoms with E-state index in [1.807, 2.05) is 6.92 Å². The summed E-state index contributed by atoms with van der Waals surface area (Å²) in [6, 6.07) is 0. The van der Waals surface area contributed by atoms with E-state index in [2.05, 4.69) is 25.3 Å². The molecular weight excluding hydrogens is 282 g/mol. The van der Waals surface area contributed by atoms with Crippen LogP contribution in [0.4, 0.5) is 5.82 Å². The SMILES string of the molecule is CCNc1cnc(C(=O)NCCS(=O)(=O)NCC)cn1. The molecule has 3 N–H and O–H groups in total. The number of sulfonamides is 1. The smallest absolute Gasteiger partial charge is 0.271 e. The van der Waals surface area contributed by atoms with E-state index in [4.69, 9.17) is 0 Å². The number of rotatable bonds is 8. The minimum atomic E-state index is -3.33. The van der Waals surface area contributed by atoms with Gasteiger partial charge in [-0.05, 0) is 6.92 Å². The number of nitrogens with one attached hydrogen (secondary N) is 3. The van der Waals surface area contributed by atoms with Crippen LogP contribution in [-0.2, 0) is 10.0 Å². The van der Waals surface area contributed by atoms with E-state index in [0.29, 0.717) is 18.9 Å². The predicted octanol–water partition coefficient (Wildman–Crippen LogP) is -0.422. The molecule has 9 heteroatoms. The molecule has 1 aromatic rings. The normalized spacial score (nSPS) is 11.1. The molecule has 0 fully saturated rings. The fourth-order valence-electron chi connectivity index (χ4n) is 1.40. The van der Waals surface area contributed by atoms with E-state index >= 15 is 0 Å². The van der Waals surface area contributed by atoms with Gasteiger partial charge >= 0.3 is 0 Å². The lowest BCUT2D eigenvalue weighted by Gasteiger charge is -2.06. The third kappa shape index (κ3) is 5.49. The number of carbonyl (C=O) groups excluding carboxylic acids is 1. The first-order valence-electron chi connectivity index (χ1n) is 6.30. The van der Waals surface area contributed by atoms with Gasteiger partial charge in [-0.25, -0.2) is 23.1 Å². The van der Waals surface area contributed by atoms with Gasteiger partial charge in [0.15, 0.2) is 0 Å². The van der Waals surface area contributed by atoms with Crippen molar-refractivity contribution >= 4 is 21.7 Å². The van der Waals surface area contributed by atoms with Gasteiger partial charge < -0.3 is 10.6 Å². The highest BCUT2D eigenvalue weighted by Crippen LogP contribution is 2.00. The summed E-state index contributed by atoms with van der Waals surface area (Å²) in [5, 5.41) is 5.44. The zero-order valence-electron chi connectivity index (χ0n) is 11.5. The summed E-state index contributed by atoms with van der Waals surface area (Å²) >= 11 is 0.